The van der Waals surface area contributed by atoms with Gasteiger partial charge in [0.25, 0.3) is 5.91 Å². The van der Waals surface area contributed by atoms with E-state index in [1.807, 2.05) is 61.5 Å². The highest BCUT2D eigenvalue weighted by atomic mass is 16.1. The van der Waals surface area contributed by atoms with Crippen LogP contribution in [-0.4, -0.2) is 22.6 Å². The van der Waals surface area contributed by atoms with Gasteiger partial charge in [-0.25, -0.2) is 0 Å². The second-order valence-corrected chi connectivity index (χ2v) is 5.94. The molecule has 0 bridgehead atoms. The maximum atomic E-state index is 12.0. The topological polar surface area (TPSA) is 58.1 Å². The zero-order chi connectivity index (χ0) is 18.2. The second-order valence-electron chi connectivity index (χ2n) is 5.94. The van der Waals surface area contributed by atoms with E-state index in [2.05, 4.69) is 32.5 Å². The Kier molecular flexibility index (Phi) is 5.93. The number of carbonyl (C=O) groups is 1. The van der Waals surface area contributed by atoms with Gasteiger partial charge in [0.05, 0.1) is 0 Å². The van der Waals surface area contributed by atoms with Gasteiger partial charge in [-0.3, -0.25) is 4.79 Å². The largest absolute Gasteiger partial charge is 0.351 e. The van der Waals surface area contributed by atoms with E-state index in [1.165, 1.54) is 5.56 Å². The summed E-state index contributed by atoms with van der Waals surface area (Å²) in [5.41, 5.74) is 2.52. The van der Waals surface area contributed by atoms with Crippen molar-refractivity contribution in [1.29, 1.82) is 0 Å². The standard InChI is InChI=1S/C21H22N4O/c1-2-15-22-21(26)19-13-14-20(24-23-19)25(18-11-7-4-8-12-18)16-17-9-5-3-6-10-17/h3-14H,2,15-16H2,1H3,(H,22,26). The number of nitrogens with zero attached hydrogens (tertiary/aromatic N) is 3. The number of nitrogens with one attached hydrogen (secondary N) is 1. The third-order valence-corrected chi connectivity index (χ3v) is 3.95. The molecule has 0 radical (unpaired) electrons. The minimum absolute atomic E-state index is 0.194. The van der Waals surface area contributed by atoms with Crippen LogP contribution in [0, 0.1) is 0 Å². The molecule has 0 spiro atoms. The molecule has 1 heterocycles. The first-order chi connectivity index (χ1) is 12.8. The van der Waals surface area contributed by atoms with Crippen LogP contribution in [0.15, 0.2) is 72.8 Å². The number of benzene rings is 2. The molecule has 26 heavy (non-hydrogen) atoms. The molecule has 5 nitrogen and oxygen atoms in total. The predicted octanol–water partition coefficient (Wildman–Crippen LogP) is 3.95. The quantitative estimate of drug-likeness (QED) is 0.704. The number of carbonyl (C=O) groups excluding carboxylic acids is 1. The van der Waals surface area contributed by atoms with Crippen LogP contribution >= 0.6 is 0 Å². The van der Waals surface area contributed by atoms with Gasteiger partial charge in [0.1, 0.15) is 0 Å². The Morgan fingerprint density at radius 3 is 2.23 bits per heavy atom. The first kappa shape index (κ1) is 17.6. The van der Waals surface area contributed by atoms with Crippen molar-refractivity contribution in [3.8, 4) is 0 Å². The number of para-hydroxylation sites is 1. The Bertz CT molecular complexity index is 820. The van der Waals surface area contributed by atoms with E-state index in [0.717, 1.165) is 12.1 Å². The third-order valence-electron chi connectivity index (χ3n) is 3.95. The minimum atomic E-state index is -0.194. The molecule has 0 atom stereocenters. The molecule has 0 aliphatic rings. The first-order valence-electron chi connectivity index (χ1n) is 8.76. The Balaban J connectivity index is 1.86. The van der Waals surface area contributed by atoms with Gasteiger partial charge in [0.15, 0.2) is 11.5 Å². The monoisotopic (exact) mass is 346 g/mol. The van der Waals surface area contributed by atoms with Crippen molar-refractivity contribution >= 4 is 17.4 Å². The summed E-state index contributed by atoms with van der Waals surface area (Å²) in [6.07, 6.45) is 0.885. The summed E-state index contributed by atoms with van der Waals surface area (Å²) in [6, 6.07) is 23.8. The molecule has 3 aromatic rings. The summed E-state index contributed by atoms with van der Waals surface area (Å²) in [7, 11) is 0. The van der Waals surface area contributed by atoms with Crippen molar-refractivity contribution in [3.63, 3.8) is 0 Å². The molecule has 0 saturated carbocycles. The summed E-state index contributed by atoms with van der Waals surface area (Å²) in [5.74, 6) is 0.507. The van der Waals surface area contributed by atoms with Crippen LogP contribution in [0.25, 0.3) is 0 Å². The summed E-state index contributed by atoms with van der Waals surface area (Å²) >= 11 is 0. The lowest BCUT2D eigenvalue weighted by Gasteiger charge is -2.23. The van der Waals surface area contributed by atoms with Crippen molar-refractivity contribution in [2.45, 2.75) is 19.9 Å². The zero-order valence-electron chi connectivity index (χ0n) is 14.8. The first-order valence-corrected chi connectivity index (χ1v) is 8.76. The highest BCUT2D eigenvalue weighted by Gasteiger charge is 2.14. The van der Waals surface area contributed by atoms with Gasteiger partial charge >= 0.3 is 0 Å². The molecule has 1 N–H and O–H groups in total. The number of rotatable bonds is 7. The Hall–Kier alpha value is -3.21. The van der Waals surface area contributed by atoms with Crippen LogP contribution in [0.2, 0.25) is 0 Å². The number of hydrogen-bond acceptors (Lipinski definition) is 4. The fourth-order valence-corrected chi connectivity index (χ4v) is 2.60. The normalized spacial score (nSPS) is 10.3. The third kappa shape index (κ3) is 4.45. The van der Waals surface area contributed by atoms with Crippen LogP contribution in [0.3, 0.4) is 0 Å². The molecule has 0 unspecified atom stereocenters. The van der Waals surface area contributed by atoms with Crippen LogP contribution in [0.5, 0.6) is 0 Å². The molecule has 2 aromatic carbocycles. The van der Waals surface area contributed by atoms with E-state index in [0.29, 0.717) is 24.6 Å². The van der Waals surface area contributed by atoms with E-state index >= 15 is 0 Å². The summed E-state index contributed by atoms with van der Waals surface area (Å²) in [4.78, 5) is 14.1. The molecule has 0 aliphatic carbocycles. The number of hydrogen-bond donors (Lipinski definition) is 1. The van der Waals surface area contributed by atoms with Crippen molar-refractivity contribution in [1.82, 2.24) is 15.5 Å². The van der Waals surface area contributed by atoms with Crippen LogP contribution in [-0.2, 0) is 6.54 Å². The average Bonchev–Trinajstić information content (AvgIpc) is 2.72. The van der Waals surface area contributed by atoms with Gasteiger partial charge in [-0.2, -0.15) is 0 Å². The van der Waals surface area contributed by atoms with Crippen LogP contribution < -0.4 is 10.2 Å². The van der Waals surface area contributed by atoms with Crippen molar-refractivity contribution in [2.75, 3.05) is 11.4 Å². The van der Waals surface area contributed by atoms with Gasteiger partial charge in [-0.1, -0.05) is 55.5 Å². The van der Waals surface area contributed by atoms with E-state index in [9.17, 15) is 4.79 Å². The van der Waals surface area contributed by atoms with Crippen LogP contribution in [0.1, 0.15) is 29.4 Å². The molecule has 1 aromatic heterocycles. The molecule has 0 fully saturated rings. The van der Waals surface area contributed by atoms with Gasteiger partial charge in [-0.15, -0.1) is 10.2 Å². The average molecular weight is 346 g/mol. The lowest BCUT2D eigenvalue weighted by molar-refractivity contribution is 0.0947. The van der Waals surface area contributed by atoms with Crippen molar-refractivity contribution in [2.24, 2.45) is 0 Å². The van der Waals surface area contributed by atoms with Crippen LogP contribution in [0.4, 0.5) is 11.5 Å². The molecule has 0 saturated heterocycles. The summed E-state index contributed by atoms with van der Waals surface area (Å²) in [6.45, 7) is 3.31. The number of anilines is 2. The fourth-order valence-electron chi connectivity index (χ4n) is 2.60. The van der Waals surface area contributed by atoms with E-state index in [4.69, 9.17) is 0 Å². The maximum Gasteiger partial charge on any atom is 0.271 e. The lowest BCUT2D eigenvalue weighted by atomic mass is 10.2. The van der Waals surface area contributed by atoms with Crippen molar-refractivity contribution in [3.05, 3.63) is 84.1 Å². The Morgan fingerprint density at radius 2 is 1.62 bits per heavy atom. The molecule has 0 aliphatic heterocycles. The summed E-state index contributed by atoms with van der Waals surface area (Å²) in [5, 5.41) is 11.2. The minimum Gasteiger partial charge on any atom is -0.351 e. The van der Waals surface area contributed by atoms with Gasteiger partial charge < -0.3 is 10.2 Å². The molecule has 5 heteroatoms. The predicted molar refractivity (Wildman–Crippen MR) is 103 cm³/mol. The molecular formula is C21H22N4O. The van der Waals surface area contributed by atoms with E-state index < -0.39 is 0 Å². The number of amides is 1. The van der Waals surface area contributed by atoms with Gasteiger partial charge in [0, 0.05) is 18.8 Å². The summed E-state index contributed by atoms with van der Waals surface area (Å²) < 4.78 is 0. The molecule has 1 amide bonds. The maximum absolute atomic E-state index is 12.0. The van der Waals surface area contributed by atoms with Gasteiger partial charge in [0.2, 0.25) is 0 Å². The zero-order valence-corrected chi connectivity index (χ0v) is 14.8. The van der Waals surface area contributed by atoms with Gasteiger partial charge in [-0.05, 0) is 36.2 Å². The highest BCUT2D eigenvalue weighted by Crippen LogP contribution is 2.25. The SMILES string of the molecule is CCCNC(=O)c1ccc(N(Cc2ccccc2)c2ccccc2)nn1. The fraction of sp³-hybridized carbons (Fsp3) is 0.190. The highest BCUT2D eigenvalue weighted by molar-refractivity contribution is 5.92. The second kappa shape index (κ2) is 8.76. The Labute approximate surface area is 153 Å². The van der Waals surface area contributed by atoms with E-state index in [-0.39, 0.29) is 5.91 Å². The molecule has 132 valence electrons. The smallest absolute Gasteiger partial charge is 0.271 e. The van der Waals surface area contributed by atoms with Crippen molar-refractivity contribution < 1.29 is 4.79 Å². The number of aromatic nitrogens is 2. The Morgan fingerprint density at radius 1 is 0.923 bits per heavy atom. The van der Waals surface area contributed by atoms with E-state index in [1.54, 1.807) is 6.07 Å². The molecular weight excluding hydrogens is 324 g/mol. The lowest BCUT2D eigenvalue weighted by Crippen LogP contribution is -2.25. The molecule has 3 rings (SSSR count).